The Balaban J connectivity index is 0.00000288. The number of aliphatic imine (C=N–C) groups is 1. The number of nitrogens with one attached hydrogen (secondary N) is 2. The first-order valence-corrected chi connectivity index (χ1v) is 8.95. The van der Waals surface area contributed by atoms with E-state index in [0.29, 0.717) is 13.2 Å². The Morgan fingerprint density at radius 3 is 2.54 bits per heavy atom. The standard InChI is InChI=1S/C16H21BrN4OS.HI/c1-11-15(23-12(2)21-11)10-20-16(18-3)19-8-9-22-14-6-4-13(17)5-7-14;/h4-7H,8-10H2,1-3H3,(H2,18,19,20);1H. The van der Waals surface area contributed by atoms with E-state index in [0.717, 1.165) is 33.4 Å². The van der Waals surface area contributed by atoms with Gasteiger partial charge in [0.15, 0.2) is 5.96 Å². The maximum Gasteiger partial charge on any atom is 0.191 e. The summed E-state index contributed by atoms with van der Waals surface area (Å²) in [6.07, 6.45) is 0. The minimum Gasteiger partial charge on any atom is -0.492 e. The Hall–Kier alpha value is -0.870. The van der Waals surface area contributed by atoms with Gasteiger partial charge >= 0.3 is 0 Å². The van der Waals surface area contributed by atoms with Crippen LogP contribution in [0.25, 0.3) is 0 Å². The lowest BCUT2D eigenvalue weighted by atomic mass is 10.3. The third-order valence-corrected chi connectivity index (χ3v) is 4.72. The SMILES string of the molecule is CN=C(NCCOc1ccc(Br)cc1)NCc1sc(C)nc1C.I. The van der Waals surface area contributed by atoms with Crippen molar-refractivity contribution in [1.82, 2.24) is 15.6 Å². The molecule has 2 aromatic rings. The number of rotatable bonds is 6. The largest absolute Gasteiger partial charge is 0.492 e. The highest BCUT2D eigenvalue weighted by molar-refractivity contribution is 14.0. The van der Waals surface area contributed by atoms with Crippen molar-refractivity contribution in [2.45, 2.75) is 20.4 Å². The molecular weight excluding hydrogens is 503 g/mol. The lowest BCUT2D eigenvalue weighted by Crippen LogP contribution is -2.38. The van der Waals surface area contributed by atoms with Crippen molar-refractivity contribution < 1.29 is 4.74 Å². The van der Waals surface area contributed by atoms with Gasteiger partial charge in [-0.3, -0.25) is 4.99 Å². The number of guanidine groups is 1. The van der Waals surface area contributed by atoms with Crippen LogP contribution in [0.3, 0.4) is 0 Å². The summed E-state index contributed by atoms with van der Waals surface area (Å²) in [7, 11) is 1.76. The summed E-state index contributed by atoms with van der Waals surface area (Å²) in [6.45, 7) is 6.03. The molecule has 0 bridgehead atoms. The van der Waals surface area contributed by atoms with Crippen molar-refractivity contribution in [1.29, 1.82) is 0 Å². The van der Waals surface area contributed by atoms with Crippen LogP contribution in [0.4, 0.5) is 0 Å². The molecule has 1 aromatic carbocycles. The molecule has 0 atom stereocenters. The molecule has 1 aromatic heterocycles. The van der Waals surface area contributed by atoms with Gasteiger partial charge in [-0.2, -0.15) is 0 Å². The fourth-order valence-electron chi connectivity index (χ4n) is 1.99. The molecule has 24 heavy (non-hydrogen) atoms. The molecule has 2 rings (SSSR count). The highest BCUT2D eigenvalue weighted by Crippen LogP contribution is 2.17. The van der Waals surface area contributed by atoms with E-state index in [2.05, 4.69) is 36.5 Å². The third kappa shape index (κ3) is 6.94. The summed E-state index contributed by atoms with van der Waals surface area (Å²) < 4.78 is 6.71. The highest BCUT2D eigenvalue weighted by atomic mass is 127. The van der Waals surface area contributed by atoms with Crippen LogP contribution in [0, 0.1) is 13.8 Å². The molecule has 2 N–H and O–H groups in total. The summed E-state index contributed by atoms with van der Waals surface area (Å²) in [5.74, 6) is 1.61. The fourth-order valence-corrected chi connectivity index (χ4v) is 3.13. The molecular formula is C16H22BrIN4OS. The van der Waals surface area contributed by atoms with Crippen LogP contribution in [0.15, 0.2) is 33.7 Å². The summed E-state index contributed by atoms with van der Waals surface area (Å²) in [5.41, 5.74) is 1.08. The molecule has 0 aliphatic heterocycles. The first kappa shape index (κ1) is 21.2. The van der Waals surface area contributed by atoms with Gasteiger partial charge in [-0.25, -0.2) is 4.98 Å². The monoisotopic (exact) mass is 524 g/mol. The van der Waals surface area contributed by atoms with Crippen LogP contribution in [0.2, 0.25) is 0 Å². The van der Waals surface area contributed by atoms with Gasteiger partial charge in [-0.15, -0.1) is 35.3 Å². The Morgan fingerprint density at radius 1 is 1.25 bits per heavy atom. The van der Waals surface area contributed by atoms with Crippen molar-refractivity contribution in [2.75, 3.05) is 20.2 Å². The van der Waals surface area contributed by atoms with E-state index < -0.39 is 0 Å². The molecule has 8 heteroatoms. The first-order valence-electron chi connectivity index (χ1n) is 7.34. The average Bonchev–Trinajstić information content (AvgIpc) is 2.86. The predicted octanol–water partition coefficient (Wildman–Crippen LogP) is 3.88. The van der Waals surface area contributed by atoms with Crippen molar-refractivity contribution in [2.24, 2.45) is 4.99 Å². The smallest absolute Gasteiger partial charge is 0.191 e. The number of ether oxygens (including phenoxy) is 1. The van der Waals surface area contributed by atoms with E-state index in [1.54, 1.807) is 18.4 Å². The molecule has 0 saturated carbocycles. The Kier molecular flexibility index (Phi) is 9.60. The van der Waals surface area contributed by atoms with Gasteiger partial charge in [0.05, 0.1) is 23.8 Å². The maximum atomic E-state index is 5.67. The minimum absolute atomic E-state index is 0. The number of hydrogen-bond donors (Lipinski definition) is 2. The zero-order valence-corrected chi connectivity index (χ0v) is 18.7. The Morgan fingerprint density at radius 2 is 1.96 bits per heavy atom. The quantitative estimate of drug-likeness (QED) is 0.260. The first-order chi connectivity index (χ1) is 11.1. The summed E-state index contributed by atoms with van der Waals surface area (Å²) >= 11 is 5.11. The molecule has 0 amide bonds. The van der Waals surface area contributed by atoms with Crippen LogP contribution in [-0.2, 0) is 6.54 Å². The normalized spacial score (nSPS) is 10.9. The highest BCUT2D eigenvalue weighted by Gasteiger charge is 2.05. The zero-order chi connectivity index (χ0) is 16.7. The van der Waals surface area contributed by atoms with Crippen molar-refractivity contribution in [3.63, 3.8) is 0 Å². The number of halogens is 2. The molecule has 5 nitrogen and oxygen atoms in total. The van der Waals surface area contributed by atoms with E-state index in [1.165, 1.54) is 4.88 Å². The van der Waals surface area contributed by atoms with Crippen LogP contribution >= 0.6 is 51.2 Å². The second kappa shape index (κ2) is 10.9. The zero-order valence-electron chi connectivity index (χ0n) is 13.9. The lowest BCUT2D eigenvalue weighted by molar-refractivity contribution is 0.322. The van der Waals surface area contributed by atoms with Crippen molar-refractivity contribution in [3.8, 4) is 5.75 Å². The molecule has 0 aliphatic carbocycles. The molecule has 0 aliphatic rings. The van der Waals surface area contributed by atoms with Gasteiger partial charge < -0.3 is 15.4 Å². The topological polar surface area (TPSA) is 58.5 Å². The number of aryl methyl sites for hydroxylation is 2. The van der Waals surface area contributed by atoms with Gasteiger partial charge in [0, 0.05) is 16.4 Å². The lowest BCUT2D eigenvalue weighted by Gasteiger charge is -2.12. The van der Waals surface area contributed by atoms with E-state index >= 15 is 0 Å². The van der Waals surface area contributed by atoms with Gasteiger partial charge in [0.1, 0.15) is 12.4 Å². The van der Waals surface area contributed by atoms with E-state index in [9.17, 15) is 0 Å². The Bertz CT molecular complexity index is 661. The predicted molar refractivity (Wildman–Crippen MR) is 115 cm³/mol. The second-order valence-electron chi connectivity index (χ2n) is 4.90. The average molecular weight is 525 g/mol. The Labute approximate surface area is 172 Å². The van der Waals surface area contributed by atoms with Crippen molar-refractivity contribution >= 4 is 57.2 Å². The molecule has 0 saturated heterocycles. The third-order valence-electron chi connectivity index (χ3n) is 3.12. The number of thiazole rings is 1. The summed E-state index contributed by atoms with van der Waals surface area (Å²) in [4.78, 5) is 9.87. The van der Waals surface area contributed by atoms with Crippen LogP contribution in [-0.4, -0.2) is 31.1 Å². The molecule has 0 fully saturated rings. The number of hydrogen-bond acceptors (Lipinski definition) is 4. The number of aromatic nitrogens is 1. The van der Waals surface area contributed by atoms with Crippen LogP contribution in [0.5, 0.6) is 5.75 Å². The van der Waals surface area contributed by atoms with Gasteiger partial charge in [0.2, 0.25) is 0 Å². The van der Waals surface area contributed by atoms with Gasteiger partial charge in [0.25, 0.3) is 0 Å². The van der Waals surface area contributed by atoms with E-state index in [4.69, 9.17) is 4.74 Å². The summed E-state index contributed by atoms with van der Waals surface area (Å²) in [6, 6.07) is 7.80. The molecule has 0 radical (unpaired) electrons. The molecule has 0 unspecified atom stereocenters. The van der Waals surface area contributed by atoms with Crippen LogP contribution < -0.4 is 15.4 Å². The van der Waals surface area contributed by atoms with E-state index in [-0.39, 0.29) is 24.0 Å². The van der Waals surface area contributed by atoms with Crippen LogP contribution in [0.1, 0.15) is 15.6 Å². The van der Waals surface area contributed by atoms with Crippen molar-refractivity contribution in [3.05, 3.63) is 44.3 Å². The van der Waals surface area contributed by atoms with Gasteiger partial charge in [-0.1, -0.05) is 15.9 Å². The number of benzene rings is 1. The maximum absolute atomic E-state index is 5.67. The summed E-state index contributed by atoms with van der Waals surface area (Å²) in [5, 5.41) is 7.62. The van der Waals surface area contributed by atoms with Gasteiger partial charge in [-0.05, 0) is 38.1 Å². The van der Waals surface area contributed by atoms with E-state index in [1.807, 2.05) is 38.1 Å². The fraction of sp³-hybridized carbons (Fsp3) is 0.375. The molecule has 132 valence electrons. The molecule has 1 heterocycles. The molecule has 0 spiro atoms. The second-order valence-corrected chi connectivity index (χ2v) is 7.10. The number of nitrogens with zero attached hydrogens (tertiary/aromatic N) is 2. The minimum atomic E-state index is 0.